The van der Waals surface area contributed by atoms with Crippen LogP contribution in [-0.2, 0) is 16.9 Å². The molecule has 6 nitrogen and oxygen atoms in total. The Morgan fingerprint density at radius 1 is 1.26 bits per heavy atom. The largest absolute Gasteiger partial charge is 0.493 e. The van der Waals surface area contributed by atoms with Gasteiger partial charge < -0.3 is 19.9 Å². The van der Waals surface area contributed by atoms with Gasteiger partial charge in [0.2, 0.25) is 5.88 Å². The monoisotopic (exact) mass is 264 g/mol. The maximum absolute atomic E-state index is 11.1. The van der Waals surface area contributed by atoms with Crippen molar-refractivity contribution >= 4 is 0 Å². The summed E-state index contributed by atoms with van der Waals surface area (Å²) in [6.45, 7) is 1.47. The first-order valence-electron chi connectivity index (χ1n) is 5.85. The van der Waals surface area contributed by atoms with Crippen LogP contribution in [-0.4, -0.2) is 26.8 Å². The maximum Gasteiger partial charge on any atom is 0.326 e. The lowest BCUT2D eigenvalue weighted by Crippen LogP contribution is -2.31. The molecule has 2 rings (SSSR count). The van der Waals surface area contributed by atoms with Gasteiger partial charge in [0, 0.05) is 0 Å². The zero-order valence-corrected chi connectivity index (χ0v) is 10.5. The molecule has 2 aromatic rings. The minimum absolute atomic E-state index is 0.135. The van der Waals surface area contributed by atoms with E-state index in [1.54, 1.807) is 6.92 Å². The first kappa shape index (κ1) is 13.4. The first-order chi connectivity index (χ1) is 9.05. The van der Waals surface area contributed by atoms with Gasteiger partial charge >= 0.3 is 5.69 Å². The fourth-order valence-electron chi connectivity index (χ4n) is 1.77. The molecule has 0 aliphatic heterocycles. The minimum atomic E-state index is -1.18. The van der Waals surface area contributed by atoms with Crippen molar-refractivity contribution in [1.82, 2.24) is 9.97 Å². The van der Waals surface area contributed by atoms with Crippen LogP contribution in [0.25, 0.3) is 0 Å². The highest BCUT2D eigenvalue weighted by atomic mass is 16.5. The van der Waals surface area contributed by atoms with E-state index in [9.17, 15) is 15.0 Å². The van der Waals surface area contributed by atoms with E-state index in [0.717, 1.165) is 5.56 Å². The van der Waals surface area contributed by atoms with Gasteiger partial charge in [0.15, 0.2) is 0 Å². The highest BCUT2D eigenvalue weighted by Gasteiger charge is 2.32. The third-order valence-electron chi connectivity index (χ3n) is 2.94. The number of aromatic amines is 2. The second-order valence-corrected chi connectivity index (χ2v) is 4.47. The van der Waals surface area contributed by atoms with Crippen molar-refractivity contribution in [2.45, 2.75) is 19.1 Å². The molecule has 0 fully saturated rings. The molecule has 1 unspecified atom stereocenters. The molecule has 0 aliphatic carbocycles. The van der Waals surface area contributed by atoms with Crippen LogP contribution in [0, 0.1) is 0 Å². The molecule has 4 N–H and O–H groups in total. The number of nitrogens with one attached hydrogen (secondary N) is 2. The van der Waals surface area contributed by atoms with Crippen LogP contribution in [0.4, 0.5) is 0 Å². The van der Waals surface area contributed by atoms with Crippen LogP contribution in [0.5, 0.6) is 5.88 Å². The molecule has 0 saturated carbocycles. The van der Waals surface area contributed by atoms with Crippen LogP contribution in [0.15, 0.2) is 35.1 Å². The Morgan fingerprint density at radius 2 is 1.95 bits per heavy atom. The lowest BCUT2D eigenvalue weighted by molar-refractivity contribution is -0.0856. The Morgan fingerprint density at radius 3 is 2.47 bits per heavy atom. The molecule has 0 aliphatic rings. The van der Waals surface area contributed by atoms with Gasteiger partial charge in [-0.05, 0) is 12.5 Å². The molecule has 0 radical (unpaired) electrons. The van der Waals surface area contributed by atoms with Crippen LogP contribution < -0.4 is 5.69 Å². The summed E-state index contributed by atoms with van der Waals surface area (Å²) in [6, 6.07) is 9.43. The Kier molecular flexibility index (Phi) is 3.73. The van der Waals surface area contributed by atoms with E-state index >= 15 is 0 Å². The molecule has 1 aromatic carbocycles. The third kappa shape index (κ3) is 2.86. The molecular weight excluding hydrogens is 248 g/mol. The number of imidazole rings is 1. The van der Waals surface area contributed by atoms with E-state index in [4.69, 9.17) is 4.74 Å². The van der Waals surface area contributed by atoms with Gasteiger partial charge in [-0.15, -0.1) is 0 Å². The Bertz CT molecular complexity index is 590. The number of hydrogen-bond donors (Lipinski definition) is 4. The Balaban J connectivity index is 2.19. The van der Waals surface area contributed by atoms with Crippen molar-refractivity contribution in [2.75, 3.05) is 6.61 Å². The number of benzene rings is 1. The Hall–Kier alpha value is -2.05. The van der Waals surface area contributed by atoms with Gasteiger partial charge in [-0.2, -0.15) is 0 Å². The molecule has 102 valence electrons. The van der Waals surface area contributed by atoms with E-state index in [2.05, 4.69) is 9.97 Å². The number of aliphatic hydroxyl groups excluding tert-OH is 1. The van der Waals surface area contributed by atoms with Gasteiger partial charge in [0.05, 0.1) is 13.2 Å². The molecule has 0 saturated heterocycles. The van der Waals surface area contributed by atoms with Crippen LogP contribution >= 0.6 is 0 Å². The topological polar surface area (TPSA) is 98.3 Å². The summed E-state index contributed by atoms with van der Waals surface area (Å²) in [4.78, 5) is 15.8. The van der Waals surface area contributed by atoms with Gasteiger partial charge in [-0.1, -0.05) is 30.3 Å². The van der Waals surface area contributed by atoms with Crippen molar-refractivity contribution in [3.8, 4) is 5.88 Å². The predicted molar refractivity (Wildman–Crippen MR) is 68.7 cm³/mol. The fraction of sp³-hybridized carbons (Fsp3) is 0.308. The highest BCUT2D eigenvalue weighted by Crippen LogP contribution is 2.29. The minimum Gasteiger partial charge on any atom is -0.493 e. The van der Waals surface area contributed by atoms with Crippen molar-refractivity contribution < 1.29 is 14.9 Å². The maximum atomic E-state index is 11.1. The molecule has 1 aromatic heterocycles. The summed E-state index contributed by atoms with van der Waals surface area (Å²) in [6.07, 6.45) is 0. The average molecular weight is 264 g/mol. The number of aliphatic hydroxyl groups is 1. The number of aromatic nitrogens is 2. The predicted octanol–water partition coefficient (Wildman–Crippen LogP) is 0.833. The standard InChI is InChI=1S/C13H16N2O4/c1-13(8-16,10-11(17)15-12(18)14-10)19-7-9-5-3-2-4-6-9/h2-6,16-17H,7-8H2,1H3,(H2,14,15,18). The van der Waals surface area contributed by atoms with Crippen molar-refractivity contribution in [3.05, 3.63) is 52.1 Å². The second-order valence-electron chi connectivity index (χ2n) is 4.47. The zero-order valence-electron chi connectivity index (χ0n) is 10.5. The molecule has 1 heterocycles. The number of aromatic hydroxyl groups is 1. The van der Waals surface area contributed by atoms with Crippen LogP contribution in [0.2, 0.25) is 0 Å². The summed E-state index contributed by atoms with van der Waals surface area (Å²) in [5, 5.41) is 19.1. The molecule has 0 spiro atoms. The lowest BCUT2D eigenvalue weighted by atomic mass is 10.0. The van der Waals surface area contributed by atoms with E-state index in [1.165, 1.54) is 0 Å². The summed E-state index contributed by atoms with van der Waals surface area (Å²) >= 11 is 0. The second kappa shape index (κ2) is 5.29. The summed E-state index contributed by atoms with van der Waals surface area (Å²) < 4.78 is 5.64. The number of ether oxygens (including phenoxy) is 1. The van der Waals surface area contributed by atoms with Gasteiger partial charge in [-0.25, -0.2) is 4.79 Å². The van der Waals surface area contributed by atoms with E-state index < -0.39 is 11.3 Å². The molecule has 1 atom stereocenters. The molecule has 0 amide bonds. The normalized spacial score (nSPS) is 14.2. The SMILES string of the molecule is CC(CO)(OCc1ccccc1)c1[nH]c(=O)[nH]c1O. The summed E-state index contributed by atoms with van der Waals surface area (Å²) in [5.41, 5.74) is -0.662. The van der Waals surface area contributed by atoms with Crippen LogP contribution in [0.3, 0.4) is 0 Å². The smallest absolute Gasteiger partial charge is 0.326 e. The molecule has 0 bridgehead atoms. The van der Waals surface area contributed by atoms with Crippen molar-refractivity contribution in [3.63, 3.8) is 0 Å². The van der Waals surface area contributed by atoms with Gasteiger partial charge in [0.1, 0.15) is 11.3 Å². The third-order valence-corrected chi connectivity index (χ3v) is 2.94. The van der Waals surface area contributed by atoms with E-state index in [1.807, 2.05) is 30.3 Å². The van der Waals surface area contributed by atoms with Gasteiger partial charge in [-0.3, -0.25) is 4.98 Å². The van der Waals surface area contributed by atoms with E-state index in [-0.39, 0.29) is 24.8 Å². The van der Waals surface area contributed by atoms with Crippen molar-refractivity contribution in [2.24, 2.45) is 0 Å². The number of hydrogen-bond acceptors (Lipinski definition) is 4. The van der Waals surface area contributed by atoms with E-state index in [0.29, 0.717) is 0 Å². The average Bonchev–Trinajstić information content (AvgIpc) is 2.77. The lowest BCUT2D eigenvalue weighted by Gasteiger charge is -2.26. The van der Waals surface area contributed by atoms with Crippen molar-refractivity contribution in [1.29, 1.82) is 0 Å². The number of H-pyrrole nitrogens is 2. The molecule has 19 heavy (non-hydrogen) atoms. The summed E-state index contributed by atoms with van der Waals surface area (Å²) in [7, 11) is 0. The Labute approximate surface area is 109 Å². The highest BCUT2D eigenvalue weighted by molar-refractivity contribution is 5.23. The number of rotatable bonds is 5. The quantitative estimate of drug-likeness (QED) is 0.643. The zero-order chi connectivity index (χ0) is 13.9. The first-order valence-corrected chi connectivity index (χ1v) is 5.85. The summed E-state index contributed by atoms with van der Waals surface area (Å²) in [5.74, 6) is -0.324. The van der Waals surface area contributed by atoms with Crippen LogP contribution in [0.1, 0.15) is 18.2 Å². The van der Waals surface area contributed by atoms with Gasteiger partial charge in [0.25, 0.3) is 0 Å². The fourth-order valence-corrected chi connectivity index (χ4v) is 1.77. The molecular formula is C13H16N2O4. The molecule has 6 heteroatoms.